The highest BCUT2D eigenvalue weighted by Gasteiger charge is 2.03. The Labute approximate surface area is 61.1 Å². The maximum Gasteiger partial charge on any atom is 0.430 e. The van der Waals surface area contributed by atoms with Gasteiger partial charge in [0.05, 0.1) is 17.2 Å². The highest BCUT2D eigenvalue weighted by Crippen LogP contribution is 1.85. The first-order chi connectivity index (χ1) is 4.22. The Bertz CT molecular complexity index is 154. The fourth-order valence-electron chi connectivity index (χ4n) is 0.215. The van der Waals surface area contributed by atoms with Crippen LogP contribution in [0.2, 0.25) is 0 Å². The molecule has 0 N–H and O–H groups in total. The van der Waals surface area contributed by atoms with Crippen molar-refractivity contribution in [1.29, 1.82) is 0 Å². The van der Waals surface area contributed by atoms with Crippen LogP contribution in [-0.4, -0.2) is 25.3 Å². The first kappa shape index (κ1) is 8.51. The SMILES string of the molecule is COC(=O)N(C)N=S=S. The molecule has 0 atom stereocenters. The summed E-state index contributed by atoms with van der Waals surface area (Å²) in [6, 6.07) is 0. The highest BCUT2D eigenvalue weighted by atomic mass is 32.8. The Morgan fingerprint density at radius 1 is 1.89 bits per heavy atom. The average Bonchev–Trinajstić information content (AvgIpc) is 1.87. The summed E-state index contributed by atoms with van der Waals surface area (Å²) in [6.07, 6.45) is -0.521. The third-order valence-corrected chi connectivity index (χ3v) is 1.11. The molecule has 0 heterocycles. The van der Waals surface area contributed by atoms with E-state index in [0.717, 1.165) is 15.1 Å². The molecule has 0 spiro atoms. The molecule has 0 saturated heterocycles. The van der Waals surface area contributed by atoms with Crippen molar-refractivity contribution in [3.8, 4) is 0 Å². The number of rotatable bonds is 1. The Morgan fingerprint density at radius 3 is 2.78 bits per heavy atom. The molecular weight excluding hydrogens is 160 g/mol. The molecule has 0 radical (unpaired) electrons. The fourth-order valence-corrected chi connectivity index (χ4v) is 0.682. The number of carbonyl (C=O) groups excluding carboxylic acids is 1. The van der Waals surface area contributed by atoms with Crippen LogP contribution in [0.15, 0.2) is 4.47 Å². The lowest BCUT2D eigenvalue weighted by atomic mass is 11.0. The quantitative estimate of drug-likeness (QED) is 0.527. The number of hydrogen-bond acceptors (Lipinski definition) is 4. The highest BCUT2D eigenvalue weighted by molar-refractivity contribution is 8.12. The van der Waals surface area contributed by atoms with Crippen molar-refractivity contribution >= 4 is 27.4 Å². The van der Waals surface area contributed by atoms with Crippen LogP contribution in [0.5, 0.6) is 0 Å². The molecule has 1 amide bonds. The number of amides is 1. The molecule has 0 aromatic carbocycles. The Kier molecular flexibility index (Phi) is 4.16. The van der Waals surface area contributed by atoms with Crippen LogP contribution in [0.25, 0.3) is 0 Å². The van der Waals surface area contributed by atoms with Gasteiger partial charge in [-0.2, -0.15) is 5.01 Å². The van der Waals surface area contributed by atoms with Crippen LogP contribution in [-0.2, 0) is 26.0 Å². The second-order valence-electron chi connectivity index (χ2n) is 1.15. The molecule has 0 fully saturated rings. The van der Waals surface area contributed by atoms with E-state index >= 15 is 0 Å². The van der Waals surface area contributed by atoms with E-state index in [9.17, 15) is 4.79 Å². The van der Waals surface area contributed by atoms with Gasteiger partial charge in [-0.3, -0.25) is 0 Å². The lowest BCUT2D eigenvalue weighted by Crippen LogP contribution is -2.19. The molecule has 0 aliphatic rings. The molecule has 0 rings (SSSR count). The van der Waals surface area contributed by atoms with Crippen molar-refractivity contribution in [2.75, 3.05) is 14.2 Å². The lowest BCUT2D eigenvalue weighted by Gasteiger charge is -2.04. The number of carbonyl (C=O) groups is 1. The summed E-state index contributed by atoms with van der Waals surface area (Å²) >= 11 is 4.40. The first-order valence-electron chi connectivity index (χ1n) is 2.04. The molecule has 0 aliphatic carbocycles. The van der Waals surface area contributed by atoms with Gasteiger partial charge in [-0.1, -0.05) is 4.47 Å². The predicted molar refractivity (Wildman–Crippen MR) is 37.3 cm³/mol. The minimum atomic E-state index is -0.521. The number of methoxy groups -OCH3 is 1. The standard InChI is InChI=1S/C3H6N2O2S2/c1-5(4-9-8)3(6)7-2/h1-2H3. The van der Waals surface area contributed by atoms with E-state index < -0.39 is 6.09 Å². The maximum atomic E-state index is 10.5. The minimum absolute atomic E-state index is 0.521. The van der Waals surface area contributed by atoms with Crippen LogP contribution in [0.3, 0.4) is 0 Å². The van der Waals surface area contributed by atoms with Gasteiger partial charge in [0.25, 0.3) is 0 Å². The second-order valence-corrected chi connectivity index (χ2v) is 1.91. The molecular formula is C3H6N2O2S2. The van der Waals surface area contributed by atoms with Crippen molar-refractivity contribution in [3.05, 3.63) is 0 Å². The van der Waals surface area contributed by atoms with Crippen LogP contribution in [0.4, 0.5) is 4.79 Å². The van der Waals surface area contributed by atoms with Gasteiger partial charge in [0.15, 0.2) is 0 Å². The molecule has 0 aromatic rings. The number of hydrogen-bond donors (Lipinski definition) is 0. The Balaban J connectivity index is 3.87. The summed E-state index contributed by atoms with van der Waals surface area (Å²) in [4.78, 5) is 10.5. The number of nitrogens with zero attached hydrogens (tertiary/aromatic N) is 2. The van der Waals surface area contributed by atoms with Crippen LogP contribution < -0.4 is 0 Å². The van der Waals surface area contributed by atoms with Crippen molar-refractivity contribution in [3.63, 3.8) is 0 Å². The van der Waals surface area contributed by atoms with E-state index in [1.165, 1.54) is 14.2 Å². The number of ether oxygens (including phenoxy) is 1. The third-order valence-electron chi connectivity index (χ3n) is 0.595. The average molecular weight is 166 g/mol. The Morgan fingerprint density at radius 2 is 2.44 bits per heavy atom. The summed E-state index contributed by atoms with van der Waals surface area (Å²) < 4.78 is 7.78. The minimum Gasteiger partial charge on any atom is -0.451 e. The summed E-state index contributed by atoms with van der Waals surface area (Å²) in [5.74, 6) is 0. The normalized spacial score (nSPS) is 7.78. The zero-order chi connectivity index (χ0) is 7.28. The molecule has 0 unspecified atom stereocenters. The fraction of sp³-hybridized carbons (Fsp3) is 0.667. The summed E-state index contributed by atoms with van der Waals surface area (Å²) in [5.41, 5.74) is 0. The predicted octanol–water partition coefficient (Wildman–Crippen LogP) is 0.328. The van der Waals surface area contributed by atoms with Crippen LogP contribution >= 0.6 is 0 Å². The van der Waals surface area contributed by atoms with E-state index in [0.29, 0.717) is 0 Å². The van der Waals surface area contributed by atoms with Crippen molar-refractivity contribution < 1.29 is 9.53 Å². The second kappa shape index (κ2) is 4.39. The van der Waals surface area contributed by atoms with Crippen LogP contribution in [0.1, 0.15) is 0 Å². The van der Waals surface area contributed by atoms with E-state index in [2.05, 4.69) is 20.4 Å². The monoisotopic (exact) mass is 166 g/mol. The van der Waals surface area contributed by atoms with Gasteiger partial charge in [-0.05, 0) is 0 Å². The van der Waals surface area contributed by atoms with Crippen molar-refractivity contribution in [2.45, 2.75) is 0 Å². The molecule has 52 valence electrons. The zero-order valence-electron chi connectivity index (χ0n) is 5.03. The molecule has 0 bridgehead atoms. The smallest absolute Gasteiger partial charge is 0.430 e. The van der Waals surface area contributed by atoms with E-state index in [1.807, 2.05) is 0 Å². The topological polar surface area (TPSA) is 41.9 Å². The molecule has 4 nitrogen and oxygen atoms in total. The van der Waals surface area contributed by atoms with E-state index in [-0.39, 0.29) is 0 Å². The van der Waals surface area contributed by atoms with Gasteiger partial charge in [0, 0.05) is 18.2 Å². The zero-order valence-corrected chi connectivity index (χ0v) is 6.66. The first-order valence-corrected chi connectivity index (χ1v) is 3.74. The largest absolute Gasteiger partial charge is 0.451 e. The van der Waals surface area contributed by atoms with E-state index in [4.69, 9.17) is 0 Å². The third kappa shape index (κ3) is 3.15. The molecule has 6 heteroatoms. The van der Waals surface area contributed by atoms with Gasteiger partial charge in [0.2, 0.25) is 0 Å². The Hall–Kier alpha value is -0.490. The molecule has 9 heavy (non-hydrogen) atoms. The van der Waals surface area contributed by atoms with Crippen molar-refractivity contribution in [2.24, 2.45) is 4.47 Å². The van der Waals surface area contributed by atoms with Gasteiger partial charge in [-0.15, -0.1) is 0 Å². The molecule has 0 aliphatic heterocycles. The van der Waals surface area contributed by atoms with Gasteiger partial charge < -0.3 is 4.74 Å². The molecule has 0 aromatic heterocycles. The maximum absolute atomic E-state index is 10.5. The van der Waals surface area contributed by atoms with Gasteiger partial charge in [0.1, 0.15) is 0 Å². The molecule has 0 saturated carbocycles. The van der Waals surface area contributed by atoms with Crippen molar-refractivity contribution in [1.82, 2.24) is 5.01 Å². The summed E-state index contributed by atoms with van der Waals surface area (Å²) in [5, 5.41) is 1.03. The summed E-state index contributed by atoms with van der Waals surface area (Å²) in [6.45, 7) is 0. The summed E-state index contributed by atoms with van der Waals surface area (Å²) in [7, 11) is 3.53. The van der Waals surface area contributed by atoms with E-state index in [1.54, 1.807) is 0 Å². The van der Waals surface area contributed by atoms with Crippen LogP contribution in [0, 0.1) is 0 Å². The lowest BCUT2D eigenvalue weighted by molar-refractivity contribution is 0.136. The van der Waals surface area contributed by atoms with Gasteiger partial charge in [-0.25, -0.2) is 4.79 Å². The van der Waals surface area contributed by atoms with Gasteiger partial charge >= 0.3 is 6.09 Å².